The molecule has 4 heteroatoms. The predicted molar refractivity (Wildman–Crippen MR) is 70.3 cm³/mol. The normalized spacial score (nSPS) is 18.3. The van der Waals surface area contributed by atoms with Crippen LogP contribution in [0.4, 0.5) is 4.39 Å². The van der Waals surface area contributed by atoms with Crippen LogP contribution in [0.15, 0.2) is 30.9 Å². The Balaban J connectivity index is 2.34. The molecule has 0 unspecified atom stereocenters. The summed E-state index contributed by atoms with van der Waals surface area (Å²) in [5.74, 6) is 0.344. The van der Waals surface area contributed by atoms with E-state index in [-0.39, 0.29) is 11.9 Å². The molecule has 3 nitrogen and oxygen atoms in total. The first kappa shape index (κ1) is 13.1. The molecule has 2 rings (SSSR count). The van der Waals surface area contributed by atoms with E-state index < -0.39 is 0 Å². The summed E-state index contributed by atoms with van der Waals surface area (Å²) in [6, 6.07) is 4.78. The van der Waals surface area contributed by atoms with Crippen LogP contribution in [0.5, 0.6) is 5.75 Å². The lowest BCUT2D eigenvalue weighted by atomic mass is 10.0. The molecule has 0 saturated carbocycles. The van der Waals surface area contributed by atoms with Crippen LogP contribution in [-0.4, -0.2) is 38.2 Å². The van der Waals surface area contributed by atoms with Crippen LogP contribution >= 0.6 is 0 Å². The molecule has 1 N–H and O–H groups in total. The van der Waals surface area contributed by atoms with E-state index in [0.29, 0.717) is 11.3 Å². The minimum absolute atomic E-state index is 0.136. The molecule has 1 fully saturated rings. The highest BCUT2D eigenvalue weighted by molar-refractivity contribution is 5.39. The van der Waals surface area contributed by atoms with Crippen LogP contribution in [0.2, 0.25) is 0 Å². The van der Waals surface area contributed by atoms with Crippen molar-refractivity contribution in [2.75, 3.05) is 33.3 Å². The van der Waals surface area contributed by atoms with Gasteiger partial charge >= 0.3 is 0 Å². The van der Waals surface area contributed by atoms with E-state index >= 15 is 0 Å². The van der Waals surface area contributed by atoms with E-state index in [2.05, 4.69) is 16.8 Å². The van der Waals surface area contributed by atoms with Gasteiger partial charge in [0.2, 0.25) is 0 Å². The highest BCUT2D eigenvalue weighted by Gasteiger charge is 2.24. The molecule has 0 spiro atoms. The van der Waals surface area contributed by atoms with E-state index in [9.17, 15) is 4.39 Å². The molecule has 0 amide bonds. The molecule has 1 aliphatic heterocycles. The first-order valence-electron chi connectivity index (χ1n) is 6.17. The van der Waals surface area contributed by atoms with Crippen LogP contribution in [0.25, 0.3) is 0 Å². The Labute approximate surface area is 107 Å². The van der Waals surface area contributed by atoms with E-state index in [1.807, 2.05) is 0 Å². The number of hydrogen-bond donors (Lipinski definition) is 1. The maximum atomic E-state index is 14.1. The van der Waals surface area contributed by atoms with Gasteiger partial charge in [-0.15, -0.1) is 6.58 Å². The first-order chi connectivity index (χ1) is 8.77. The minimum atomic E-state index is -0.238. The van der Waals surface area contributed by atoms with E-state index in [1.165, 1.54) is 6.07 Å². The molecule has 0 aromatic heterocycles. The number of rotatable bonds is 4. The number of benzene rings is 1. The lowest BCUT2D eigenvalue weighted by Crippen LogP contribution is -2.44. The molecule has 18 heavy (non-hydrogen) atoms. The molecule has 0 aliphatic carbocycles. The van der Waals surface area contributed by atoms with Crippen molar-refractivity contribution in [3.63, 3.8) is 0 Å². The lowest BCUT2D eigenvalue weighted by molar-refractivity contribution is 0.197. The molecular weight excluding hydrogens is 231 g/mol. The Kier molecular flexibility index (Phi) is 4.33. The monoisotopic (exact) mass is 250 g/mol. The number of piperazine rings is 1. The summed E-state index contributed by atoms with van der Waals surface area (Å²) in [5, 5.41) is 3.29. The summed E-state index contributed by atoms with van der Waals surface area (Å²) >= 11 is 0. The maximum Gasteiger partial charge on any atom is 0.132 e. The van der Waals surface area contributed by atoms with Gasteiger partial charge in [-0.3, -0.25) is 4.90 Å². The van der Waals surface area contributed by atoms with Gasteiger partial charge in [0.25, 0.3) is 0 Å². The molecule has 1 aliphatic rings. The van der Waals surface area contributed by atoms with Gasteiger partial charge in [0.1, 0.15) is 11.6 Å². The van der Waals surface area contributed by atoms with Crippen molar-refractivity contribution in [2.24, 2.45) is 0 Å². The van der Waals surface area contributed by atoms with Crippen molar-refractivity contribution < 1.29 is 9.13 Å². The third-order valence-corrected chi connectivity index (χ3v) is 3.30. The van der Waals surface area contributed by atoms with Gasteiger partial charge in [0.15, 0.2) is 0 Å². The fraction of sp³-hybridized carbons (Fsp3) is 0.429. The topological polar surface area (TPSA) is 24.5 Å². The fourth-order valence-electron chi connectivity index (χ4n) is 2.39. The maximum absolute atomic E-state index is 14.1. The summed E-state index contributed by atoms with van der Waals surface area (Å²) in [6.07, 6.45) is 1.78. The van der Waals surface area contributed by atoms with Crippen molar-refractivity contribution in [3.8, 4) is 5.75 Å². The van der Waals surface area contributed by atoms with Crippen LogP contribution in [-0.2, 0) is 0 Å². The van der Waals surface area contributed by atoms with E-state index in [1.54, 1.807) is 25.3 Å². The summed E-state index contributed by atoms with van der Waals surface area (Å²) in [5.41, 5.74) is 0.580. The number of nitrogens with zero attached hydrogens (tertiary/aromatic N) is 1. The quantitative estimate of drug-likeness (QED) is 0.827. The molecule has 1 heterocycles. The molecule has 1 saturated heterocycles. The highest BCUT2D eigenvalue weighted by atomic mass is 19.1. The number of hydrogen-bond acceptors (Lipinski definition) is 3. The number of methoxy groups -OCH3 is 1. The average molecular weight is 250 g/mol. The summed E-state index contributed by atoms with van der Waals surface area (Å²) in [7, 11) is 1.57. The molecule has 1 aromatic rings. The molecule has 1 aromatic carbocycles. The van der Waals surface area contributed by atoms with Crippen LogP contribution < -0.4 is 10.1 Å². The second-order valence-electron chi connectivity index (χ2n) is 4.32. The number of nitrogens with one attached hydrogen (secondary N) is 1. The second kappa shape index (κ2) is 5.98. The van der Waals surface area contributed by atoms with Gasteiger partial charge < -0.3 is 10.1 Å². The molecule has 0 bridgehead atoms. The number of ether oxygens (including phenoxy) is 1. The standard InChI is InChI=1S/C14H19FN2O/c1-3-12(17-9-7-16-8-10-17)14-11(15)5-4-6-13(14)18-2/h3-6,12,16H,1,7-10H2,2H3/t12-/m1/s1. The predicted octanol–water partition coefficient (Wildman–Crippen LogP) is 1.97. The molecule has 1 atom stereocenters. The van der Waals surface area contributed by atoms with Crippen molar-refractivity contribution >= 4 is 0 Å². The highest BCUT2D eigenvalue weighted by Crippen LogP contribution is 2.32. The zero-order chi connectivity index (χ0) is 13.0. The van der Waals surface area contributed by atoms with Crippen LogP contribution in [0, 0.1) is 5.82 Å². The Bertz CT molecular complexity index is 416. The van der Waals surface area contributed by atoms with Crippen molar-refractivity contribution in [3.05, 3.63) is 42.2 Å². The Morgan fingerprint density at radius 1 is 1.44 bits per heavy atom. The summed E-state index contributed by atoms with van der Waals surface area (Å²) in [4.78, 5) is 2.21. The third kappa shape index (κ3) is 2.54. The Morgan fingerprint density at radius 2 is 2.17 bits per heavy atom. The largest absolute Gasteiger partial charge is 0.496 e. The second-order valence-corrected chi connectivity index (χ2v) is 4.32. The van der Waals surface area contributed by atoms with Crippen molar-refractivity contribution in [1.29, 1.82) is 0 Å². The van der Waals surface area contributed by atoms with E-state index in [4.69, 9.17) is 4.74 Å². The fourth-order valence-corrected chi connectivity index (χ4v) is 2.39. The lowest BCUT2D eigenvalue weighted by Gasteiger charge is -2.34. The molecule has 0 radical (unpaired) electrons. The van der Waals surface area contributed by atoms with Gasteiger partial charge in [-0.25, -0.2) is 4.39 Å². The molecule has 98 valence electrons. The van der Waals surface area contributed by atoms with Gasteiger partial charge in [-0.2, -0.15) is 0 Å². The summed E-state index contributed by atoms with van der Waals surface area (Å²) < 4.78 is 19.3. The van der Waals surface area contributed by atoms with Crippen molar-refractivity contribution in [1.82, 2.24) is 10.2 Å². The zero-order valence-corrected chi connectivity index (χ0v) is 10.7. The third-order valence-electron chi connectivity index (χ3n) is 3.30. The van der Waals surface area contributed by atoms with Crippen molar-refractivity contribution in [2.45, 2.75) is 6.04 Å². The first-order valence-corrected chi connectivity index (χ1v) is 6.17. The zero-order valence-electron chi connectivity index (χ0n) is 10.7. The Morgan fingerprint density at radius 3 is 2.78 bits per heavy atom. The average Bonchev–Trinajstić information content (AvgIpc) is 2.42. The van der Waals surface area contributed by atoms with Gasteiger partial charge in [-0.1, -0.05) is 12.1 Å². The van der Waals surface area contributed by atoms with E-state index in [0.717, 1.165) is 26.2 Å². The van der Waals surface area contributed by atoms with Gasteiger partial charge in [0.05, 0.1) is 18.7 Å². The number of halogens is 1. The smallest absolute Gasteiger partial charge is 0.132 e. The van der Waals surface area contributed by atoms with Crippen LogP contribution in [0.1, 0.15) is 11.6 Å². The SMILES string of the molecule is C=C[C@H](c1c(F)cccc1OC)N1CCNCC1. The minimum Gasteiger partial charge on any atom is -0.496 e. The van der Waals surface area contributed by atoms with Crippen LogP contribution in [0.3, 0.4) is 0 Å². The van der Waals surface area contributed by atoms with Gasteiger partial charge in [-0.05, 0) is 12.1 Å². The molecular formula is C14H19FN2O. The summed E-state index contributed by atoms with van der Waals surface area (Å²) in [6.45, 7) is 7.45. The Hall–Kier alpha value is -1.39. The van der Waals surface area contributed by atoms with Gasteiger partial charge in [0, 0.05) is 26.2 Å².